The number of benzene rings is 1. The second-order valence-electron chi connectivity index (χ2n) is 9.81. The quantitative estimate of drug-likeness (QED) is 0.605. The van der Waals surface area contributed by atoms with Gasteiger partial charge in [-0.15, -0.1) is 0 Å². The van der Waals surface area contributed by atoms with E-state index in [0.29, 0.717) is 51.1 Å². The monoisotopic (exact) mass is 443 g/mol. The van der Waals surface area contributed by atoms with Crippen LogP contribution in [-0.4, -0.2) is 55.6 Å². The van der Waals surface area contributed by atoms with Crippen LogP contribution in [0.1, 0.15) is 57.9 Å². The van der Waals surface area contributed by atoms with Gasteiger partial charge in [0.25, 0.3) is 0 Å². The van der Waals surface area contributed by atoms with Gasteiger partial charge in [0.05, 0.1) is 13.2 Å². The van der Waals surface area contributed by atoms with Gasteiger partial charge in [-0.1, -0.05) is 50.8 Å². The van der Waals surface area contributed by atoms with Crippen molar-refractivity contribution in [1.29, 1.82) is 0 Å². The molecule has 178 valence electrons. The Morgan fingerprint density at radius 1 is 1.06 bits per heavy atom. The number of anilines is 1. The fourth-order valence-electron chi connectivity index (χ4n) is 4.78. The van der Waals surface area contributed by atoms with Crippen LogP contribution in [0.2, 0.25) is 0 Å². The molecule has 2 N–H and O–H groups in total. The number of rotatable bonds is 9. The maximum Gasteiger partial charge on any atom is 0.224 e. The van der Waals surface area contributed by atoms with Crippen molar-refractivity contribution in [1.82, 2.24) is 10.2 Å². The Morgan fingerprint density at radius 2 is 1.72 bits per heavy atom. The molecule has 1 aromatic carbocycles. The number of morpholine rings is 1. The summed E-state index contributed by atoms with van der Waals surface area (Å²) in [5.74, 6) is 0.484. The molecule has 3 rings (SSSR count). The molecule has 1 aliphatic heterocycles. The first-order chi connectivity index (χ1) is 15.4. The van der Waals surface area contributed by atoms with E-state index in [4.69, 9.17) is 4.74 Å². The van der Waals surface area contributed by atoms with Crippen LogP contribution in [0.3, 0.4) is 0 Å². The first kappa shape index (κ1) is 24.6. The predicted molar refractivity (Wildman–Crippen MR) is 129 cm³/mol. The largest absolute Gasteiger partial charge is 0.383 e. The topological polar surface area (TPSA) is 70.7 Å². The molecule has 0 unspecified atom stereocenters. The minimum atomic E-state index is -0.244. The molecule has 1 saturated carbocycles. The summed E-state index contributed by atoms with van der Waals surface area (Å²) in [4.78, 5) is 28.4. The highest BCUT2D eigenvalue weighted by molar-refractivity contribution is 5.86. The molecule has 1 aromatic rings. The van der Waals surface area contributed by atoms with Gasteiger partial charge in [-0.3, -0.25) is 9.59 Å². The number of ether oxygens (including phenoxy) is 1. The lowest BCUT2D eigenvalue weighted by atomic mass is 9.77. The van der Waals surface area contributed by atoms with E-state index in [1.165, 1.54) is 12.0 Å². The molecular weight excluding hydrogens is 402 g/mol. The average Bonchev–Trinajstić information content (AvgIpc) is 2.82. The zero-order valence-electron chi connectivity index (χ0n) is 20.1. The number of carbonyl (C=O) groups excluding carboxylic acids is 2. The highest BCUT2D eigenvalue weighted by Gasteiger charge is 2.34. The second-order valence-corrected chi connectivity index (χ2v) is 9.81. The number of hydrogen-bond acceptors (Lipinski definition) is 4. The Bertz CT molecular complexity index is 722. The van der Waals surface area contributed by atoms with Crippen molar-refractivity contribution in [2.75, 3.05) is 38.2 Å². The third-order valence-electron chi connectivity index (χ3n) is 7.02. The molecule has 2 fully saturated rings. The summed E-state index contributed by atoms with van der Waals surface area (Å²) in [6.45, 7) is 9.45. The molecule has 2 atom stereocenters. The smallest absolute Gasteiger partial charge is 0.224 e. The zero-order chi connectivity index (χ0) is 22.9. The third kappa shape index (κ3) is 7.22. The molecule has 6 heteroatoms. The van der Waals surface area contributed by atoms with E-state index in [9.17, 15) is 9.59 Å². The van der Waals surface area contributed by atoms with Gasteiger partial charge < -0.3 is 20.3 Å². The van der Waals surface area contributed by atoms with E-state index < -0.39 is 0 Å². The summed E-state index contributed by atoms with van der Waals surface area (Å²) in [6, 6.07) is 8.32. The molecule has 6 nitrogen and oxygen atoms in total. The number of carbonyl (C=O) groups is 2. The van der Waals surface area contributed by atoms with Crippen molar-refractivity contribution in [3.8, 4) is 0 Å². The van der Waals surface area contributed by atoms with Crippen LogP contribution < -0.4 is 10.6 Å². The maximum atomic E-state index is 13.5. The number of amides is 2. The van der Waals surface area contributed by atoms with Crippen molar-refractivity contribution >= 4 is 17.5 Å². The lowest BCUT2D eigenvalue weighted by Gasteiger charge is -2.34. The van der Waals surface area contributed by atoms with Gasteiger partial charge >= 0.3 is 0 Å². The lowest BCUT2D eigenvalue weighted by molar-refractivity contribution is -0.141. The maximum absolute atomic E-state index is 13.5. The molecule has 0 aromatic heterocycles. The Morgan fingerprint density at radius 3 is 2.34 bits per heavy atom. The van der Waals surface area contributed by atoms with E-state index in [-0.39, 0.29) is 23.8 Å². The van der Waals surface area contributed by atoms with Gasteiger partial charge in [-0.05, 0) is 43.7 Å². The highest BCUT2D eigenvalue weighted by atomic mass is 16.5. The second kappa shape index (κ2) is 12.2. The molecule has 1 aliphatic carbocycles. The van der Waals surface area contributed by atoms with E-state index >= 15 is 0 Å². The van der Waals surface area contributed by atoms with Gasteiger partial charge in [0, 0.05) is 43.7 Å². The molecule has 1 heterocycles. The standard InChI is InChI=1S/C26H41N3O3/c1-19(2)24(18-27-22-11-9-20(3)10-12-22)28-26(31)23(21-7-5-4-6-8-21)17-25(30)29-13-15-32-16-14-29/h9-12,19,21,23-24,27H,4-8,13-18H2,1-3H3,(H,28,31)/t23-,24+/m0/s1. The summed E-state index contributed by atoms with van der Waals surface area (Å²) in [7, 11) is 0. The average molecular weight is 444 g/mol. The van der Waals surface area contributed by atoms with Crippen molar-refractivity contribution in [2.24, 2.45) is 17.8 Å². The van der Waals surface area contributed by atoms with Gasteiger partial charge in [0.15, 0.2) is 0 Å². The third-order valence-corrected chi connectivity index (χ3v) is 7.02. The molecule has 0 bridgehead atoms. The van der Waals surface area contributed by atoms with E-state index in [2.05, 4.69) is 55.7 Å². The zero-order valence-corrected chi connectivity index (χ0v) is 20.1. The first-order valence-electron chi connectivity index (χ1n) is 12.4. The van der Waals surface area contributed by atoms with Crippen LogP contribution in [0, 0.1) is 24.7 Å². The van der Waals surface area contributed by atoms with Crippen LogP contribution in [0.15, 0.2) is 24.3 Å². The highest BCUT2D eigenvalue weighted by Crippen LogP contribution is 2.32. The first-order valence-corrected chi connectivity index (χ1v) is 12.4. The number of hydrogen-bond donors (Lipinski definition) is 2. The summed E-state index contributed by atoms with van der Waals surface area (Å²) >= 11 is 0. The fourth-order valence-corrected chi connectivity index (χ4v) is 4.78. The minimum Gasteiger partial charge on any atom is -0.383 e. The fraction of sp³-hybridized carbons (Fsp3) is 0.692. The summed E-state index contributed by atoms with van der Waals surface area (Å²) in [6.07, 6.45) is 5.94. The number of nitrogens with zero attached hydrogens (tertiary/aromatic N) is 1. The van der Waals surface area contributed by atoms with Gasteiger partial charge in [-0.25, -0.2) is 0 Å². The molecule has 2 amide bonds. The Kier molecular flexibility index (Phi) is 9.39. The molecule has 1 saturated heterocycles. The molecule has 2 aliphatic rings. The molecule has 0 radical (unpaired) electrons. The molecule has 32 heavy (non-hydrogen) atoms. The van der Waals surface area contributed by atoms with Crippen LogP contribution in [0.25, 0.3) is 0 Å². The summed E-state index contributed by atoms with van der Waals surface area (Å²) < 4.78 is 5.39. The Labute approximate surface area is 193 Å². The predicted octanol–water partition coefficient (Wildman–Crippen LogP) is 3.99. The number of nitrogens with one attached hydrogen (secondary N) is 2. The lowest BCUT2D eigenvalue weighted by Crippen LogP contribution is -2.49. The van der Waals surface area contributed by atoms with Crippen LogP contribution in [0.5, 0.6) is 0 Å². The van der Waals surface area contributed by atoms with Crippen molar-refractivity contribution < 1.29 is 14.3 Å². The van der Waals surface area contributed by atoms with Crippen molar-refractivity contribution in [2.45, 2.75) is 65.3 Å². The minimum absolute atomic E-state index is 0.00776. The van der Waals surface area contributed by atoms with Crippen LogP contribution in [0.4, 0.5) is 5.69 Å². The molecular formula is C26H41N3O3. The number of aryl methyl sites for hydroxylation is 1. The van der Waals surface area contributed by atoms with Crippen LogP contribution in [-0.2, 0) is 14.3 Å². The Balaban J connectivity index is 1.64. The van der Waals surface area contributed by atoms with Gasteiger partial charge in [-0.2, -0.15) is 0 Å². The summed E-state index contributed by atoms with van der Waals surface area (Å²) in [5.41, 5.74) is 2.28. The molecule has 0 spiro atoms. The van der Waals surface area contributed by atoms with E-state index in [1.807, 2.05) is 4.90 Å². The van der Waals surface area contributed by atoms with Crippen molar-refractivity contribution in [3.05, 3.63) is 29.8 Å². The van der Waals surface area contributed by atoms with Crippen LogP contribution >= 0.6 is 0 Å². The normalized spacial score (nSPS) is 19.4. The van der Waals surface area contributed by atoms with Crippen molar-refractivity contribution in [3.63, 3.8) is 0 Å². The van der Waals surface area contributed by atoms with Gasteiger partial charge in [0.1, 0.15) is 0 Å². The Hall–Kier alpha value is -2.08. The van der Waals surface area contributed by atoms with E-state index in [1.54, 1.807) is 0 Å². The van der Waals surface area contributed by atoms with E-state index in [0.717, 1.165) is 31.4 Å². The summed E-state index contributed by atoms with van der Waals surface area (Å²) in [5, 5.41) is 6.77. The van der Waals surface area contributed by atoms with Gasteiger partial charge in [0.2, 0.25) is 11.8 Å². The SMILES string of the molecule is Cc1ccc(NC[C@@H](NC(=O)[C@@H](CC(=O)N2CCOCC2)C2CCCCC2)C(C)C)cc1.